The molecule has 9 heteroatoms. The van der Waals surface area contributed by atoms with Gasteiger partial charge in [-0.05, 0) is 59.9 Å². The summed E-state index contributed by atoms with van der Waals surface area (Å²) in [6.07, 6.45) is 1.25. The number of nitrogen functional groups attached to an aromatic ring is 1. The summed E-state index contributed by atoms with van der Waals surface area (Å²) >= 11 is 12.1. The summed E-state index contributed by atoms with van der Waals surface area (Å²) < 4.78 is 0. The minimum absolute atomic E-state index is 0.0903. The molecule has 7 nitrogen and oxygen atoms in total. The number of likely N-dealkylation sites (tertiary alicyclic amines) is 1. The minimum atomic E-state index is -0.341. The Hall–Kier alpha value is -3.10. The lowest BCUT2D eigenvalue weighted by atomic mass is 10.0. The van der Waals surface area contributed by atoms with Crippen LogP contribution in [0.2, 0.25) is 10.0 Å². The van der Waals surface area contributed by atoms with Gasteiger partial charge in [0.15, 0.2) is 0 Å². The molecule has 1 saturated heterocycles. The van der Waals surface area contributed by atoms with Gasteiger partial charge in [-0.3, -0.25) is 9.59 Å². The number of benzene rings is 3. The highest BCUT2D eigenvalue weighted by Crippen LogP contribution is 2.23. The molecule has 38 heavy (non-hydrogen) atoms. The summed E-state index contributed by atoms with van der Waals surface area (Å²) in [5.74, 6) is -0.438. The number of aliphatic hydroxyl groups excluding tert-OH is 1. The van der Waals surface area contributed by atoms with Crippen LogP contribution in [-0.2, 0) is 16.0 Å². The fraction of sp³-hybridized carbons (Fsp3) is 0.310. The molecule has 1 atom stereocenters. The van der Waals surface area contributed by atoms with E-state index in [0.717, 1.165) is 23.2 Å². The molecule has 1 aliphatic rings. The highest BCUT2D eigenvalue weighted by molar-refractivity contribution is 6.35. The van der Waals surface area contributed by atoms with E-state index < -0.39 is 0 Å². The van der Waals surface area contributed by atoms with Crippen LogP contribution in [0.25, 0.3) is 11.1 Å². The summed E-state index contributed by atoms with van der Waals surface area (Å²) in [4.78, 5) is 29.7. The number of amides is 2. The molecular weight excluding hydrogens is 523 g/mol. The van der Waals surface area contributed by atoms with Crippen molar-refractivity contribution in [3.63, 3.8) is 0 Å². The molecule has 0 aliphatic carbocycles. The number of β-amino-alcohol motifs (C(OH)–C–C–N with tert-alkyl or cyclic N) is 1. The van der Waals surface area contributed by atoms with Crippen LogP contribution in [0.3, 0.4) is 0 Å². The van der Waals surface area contributed by atoms with Crippen molar-refractivity contribution in [3.05, 3.63) is 82.3 Å². The average Bonchev–Trinajstić information content (AvgIpc) is 3.29. The number of aliphatic hydroxyl groups is 1. The number of hydrogen-bond acceptors (Lipinski definition) is 5. The van der Waals surface area contributed by atoms with E-state index >= 15 is 0 Å². The van der Waals surface area contributed by atoms with Crippen LogP contribution in [-0.4, -0.2) is 65.5 Å². The van der Waals surface area contributed by atoms with E-state index in [1.807, 2.05) is 48.5 Å². The lowest BCUT2D eigenvalue weighted by Crippen LogP contribution is -2.40. The van der Waals surface area contributed by atoms with E-state index in [0.29, 0.717) is 53.9 Å². The Morgan fingerprint density at radius 3 is 2.42 bits per heavy atom. The number of nitrogens with zero attached hydrogens (tertiary/aromatic N) is 2. The highest BCUT2D eigenvalue weighted by Gasteiger charge is 2.23. The zero-order valence-corrected chi connectivity index (χ0v) is 22.6. The maximum Gasteiger partial charge on any atom is 0.243 e. The fourth-order valence-electron chi connectivity index (χ4n) is 4.57. The Morgan fingerprint density at radius 2 is 1.76 bits per heavy atom. The lowest BCUT2D eigenvalue weighted by Gasteiger charge is -2.24. The fourth-order valence-corrected chi connectivity index (χ4v) is 5.09. The van der Waals surface area contributed by atoms with Crippen molar-refractivity contribution in [1.29, 1.82) is 0 Å². The molecule has 0 saturated carbocycles. The van der Waals surface area contributed by atoms with Crippen LogP contribution >= 0.6 is 23.2 Å². The van der Waals surface area contributed by atoms with E-state index in [2.05, 4.69) is 10.2 Å². The lowest BCUT2D eigenvalue weighted by molar-refractivity contribution is -0.135. The van der Waals surface area contributed by atoms with Crippen molar-refractivity contribution >= 4 is 46.4 Å². The summed E-state index contributed by atoms with van der Waals surface area (Å²) in [7, 11) is 0. The van der Waals surface area contributed by atoms with Crippen molar-refractivity contribution in [2.45, 2.75) is 25.4 Å². The molecule has 200 valence electrons. The molecule has 0 bridgehead atoms. The number of hydrogen-bond donors (Lipinski definition) is 3. The molecule has 4 rings (SSSR count). The second kappa shape index (κ2) is 13.1. The van der Waals surface area contributed by atoms with E-state index in [1.54, 1.807) is 23.1 Å². The number of rotatable bonds is 10. The third-order valence-corrected chi connectivity index (χ3v) is 7.00. The Balaban J connectivity index is 1.40. The third-order valence-electron chi connectivity index (χ3n) is 6.57. The van der Waals surface area contributed by atoms with Gasteiger partial charge >= 0.3 is 0 Å². The Morgan fingerprint density at radius 1 is 1.03 bits per heavy atom. The first-order valence-electron chi connectivity index (χ1n) is 12.6. The van der Waals surface area contributed by atoms with Gasteiger partial charge in [0.25, 0.3) is 0 Å². The Bertz CT molecular complexity index is 1250. The molecule has 1 aliphatic heterocycles. The summed E-state index contributed by atoms with van der Waals surface area (Å²) in [6, 6.07) is 20.6. The smallest absolute Gasteiger partial charge is 0.243 e. The maximum absolute atomic E-state index is 13.2. The van der Waals surface area contributed by atoms with Gasteiger partial charge in [0.05, 0.1) is 12.6 Å². The number of carbonyl (C=O) groups excluding carboxylic acids is 2. The van der Waals surface area contributed by atoms with Gasteiger partial charge in [0.2, 0.25) is 11.8 Å². The molecule has 3 aromatic rings. The second-order valence-corrected chi connectivity index (χ2v) is 10.5. The van der Waals surface area contributed by atoms with Crippen LogP contribution < -0.4 is 11.1 Å². The topological polar surface area (TPSA) is 98.9 Å². The van der Waals surface area contributed by atoms with Gasteiger partial charge < -0.3 is 26.0 Å². The van der Waals surface area contributed by atoms with Gasteiger partial charge in [-0.1, -0.05) is 59.6 Å². The van der Waals surface area contributed by atoms with E-state index in [-0.39, 0.29) is 30.9 Å². The quantitative estimate of drug-likeness (QED) is 0.315. The second-order valence-electron chi connectivity index (χ2n) is 9.59. The number of carbonyl (C=O) groups is 2. The van der Waals surface area contributed by atoms with Gasteiger partial charge in [-0.2, -0.15) is 0 Å². The molecular formula is C29H32Cl2N4O3. The molecule has 2 amide bonds. The maximum atomic E-state index is 13.2. The average molecular weight is 556 g/mol. The number of anilines is 2. The Labute approximate surface area is 233 Å². The summed E-state index contributed by atoms with van der Waals surface area (Å²) in [5, 5.41) is 13.4. The van der Waals surface area contributed by atoms with Crippen molar-refractivity contribution < 1.29 is 14.7 Å². The Kier molecular flexibility index (Phi) is 9.63. The van der Waals surface area contributed by atoms with Crippen LogP contribution in [0.1, 0.15) is 18.4 Å². The monoisotopic (exact) mass is 554 g/mol. The van der Waals surface area contributed by atoms with E-state index in [1.165, 1.54) is 0 Å². The van der Waals surface area contributed by atoms with Crippen LogP contribution in [0.4, 0.5) is 11.4 Å². The predicted molar refractivity (Wildman–Crippen MR) is 153 cm³/mol. The SMILES string of the molecule is Nc1cccc(-c2ccc(CCN(CC(=O)Nc3cc(Cl)cc(Cl)c3)C(=O)CCN3CC[C@@H](O)C3)cc2)c1. The molecule has 0 spiro atoms. The largest absolute Gasteiger partial charge is 0.399 e. The number of nitrogens with one attached hydrogen (secondary N) is 1. The zero-order valence-electron chi connectivity index (χ0n) is 21.1. The van der Waals surface area contributed by atoms with Crippen LogP contribution in [0.5, 0.6) is 0 Å². The van der Waals surface area contributed by atoms with Gasteiger partial charge in [-0.25, -0.2) is 0 Å². The van der Waals surface area contributed by atoms with Crippen molar-refractivity contribution in [3.8, 4) is 11.1 Å². The molecule has 0 unspecified atom stereocenters. The van der Waals surface area contributed by atoms with E-state index in [4.69, 9.17) is 28.9 Å². The summed E-state index contributed by atoms with van der Waals surface area (Å²) in [5.41, 5.74) is 10.2. The van der Waals surface area contributed by atoms with Crippen molar-refractivity contribution in [2.24, 2.45) is 0 Å². The number of halogens is 2. The predicted octanol–water partition coefficient (Wildman–Crippen LogP) is 4.71. The van der Waals surface area contributed by atoms with Gasteiger partial charge in [0.1, 0.15) is 0 Å². The van der Waals surface area contributed by atoms with E-state index in [9.17, 15) is 14.7 Å². The molecule has 4 N–H and O–H groups in total. The van der Waals surface area contributed by atoms with Gasteiger partial charge in [0, 0.05) is 54.0 Å². The molecule has 0 aromatic heterocycles. The highest BCUT2D eigenvalue weighted by atomic mass is 35.5. The van der Waals surface area contributed by atoms with Crippen LogP contribution in [0.15, 0.2) is 66.7 Å². The van der Waals surface area contributed by atoms with Crippen molar-refractivity contribution in [1.82, 2.24) is 9.80 Å². The first-order chi connectivity index (χ1) is 18.2. The first-order valence-corrected chi connectivity index (χ1v) is 13.4. The van der Waals surface area contributed by atoms with Crippen LogP contribution in [0, 0.1) is 0 Å². The molecule has 1 fully saturated rings. The van der Waals surface area contributed by atoms with Crippen molar-refractivity contribution in [2.75, 3.05) is 43.8 Å². The number of nitrogens with two attached hydrogens (primary N) is 1. The molecule has 0 radical (unpaired) electrons. The summed E-state index contributed by atoms with van der Waals surface area (Å²) in [6.45, 7) is 2.19. The van der Waals surface area contributed by atoms with Gasteiger partial charge in [-0.15, -0.1) is 0 Å². The molecule has 3 aromatic carbocycles. The standard InChI is InChI=1S/C29H32Cl2N4O3/c30-23-15-24(31)17-26(16-23)33-28(37)19-35(29(38)10-12-34-11-9-27(36)18-34)13-8-20-4-6-21(7-5-20)22-2-1-3-25(32)14-22/h1-7,14-17,27,36H,8-13,18-19,32H2,(H,33,37)/t27-/m1/s1. The molecule has 1 heterocycles. The first kappa shape index (κ1) is 27.9. The zero-order chi connectivity index (χ0) is 27.1. The normalized spacial score (nSPS) is 15.4. The third kappa shape index (κ3) is 8.20. The minimum Gasteiger partial charge on any atom is -0.399 e.